The molecule has 0 N–H and O–H groups in total. The summed E-state index contributed by atoms with van der Waals surface area (Å²) >= 11 is 11.9. The molecule has 0 aliphatic heterocycles. The van der Waals surface area contributed by atoms with Crippen molar-refractivity contribution in [1.82, 2.24) is 4.98 Å². The number of nitriles is 1. The van der Waals surface area contributed by atoms with E-state index in [0.29, 0.717) is 10.6 Å². The zero-order chi connectivity index (χ0) is 10.1. The molecule has 1 aromatic rings. The average molecular weight is 227 g/mol. The zero-order valence-electron chi connectivity index (χ0n) is 7.48. The van der Waals surface area contributed by atoms with Crippen LogP contribution in [0.4, 0.5) is 0 Å². The van der Waals surface area contributed by atoms with Gasteiger partial charge in [0.15, 0.2) is 0 Å². The van der Waals surface area contributed by atoms with Gasteiger partial charge in [0.1, 0.15) is 16.8 Å². The first-order valence-corrected chi connectivity index (χ1v) is 5.26. The fourth-order valence-electron chi connectivity index (χ4n) is 1.76. The van der Waals surface area contributed by atoms with E-state index in [1.54, 1.807) is 0 Å². The molecule has 0 saturated heterocycles. The second-order valence-electron chi connectivity index (χ2n) is 3.34. The number of fused-ring (bicyclic) bond motifs is 1. The molecular formula is C10H8Cl2N2. The second-order valence-corrected chi connectivity index (χ2v) is 4.07. The van der Waals surface area contributed by atoms with E-state index in [1.165, 1.54) is 0 Å². The van der Waals surface area contributed by atoms with E-state index >= 15 is 0 Å². The number of nitrogens with zero attached hydrogens (tertiary/aromatic N) is 2. The summed E-state index contributed by atoms with van der Waals surface area (Å²) in [6.07, 6.45) is 4.06. The summed E-state index contributed by atoms with van der Waals surface area (Å²) in [5.74, 6) is 0. The van der Waals surface area contributed by atoms with Gasteiger partial charge in [-0.15, -0.1) is 0 Å². The topological polar surface area (TPSA) is 36.7 Å². The maximum Gasteiger partial charge on any atom is 0.148 e. The minimum atomic E-state index is 0.234. The van der Waals surface area contributed by atoms with Crippen molar-refractivity contribution >= 4 is 23.2 Å². The van der Waals surface area contributed by atoms with Gasteiger partial charge in [-0.2, -0.15) is 5.26 Å². The van der Waals surface area contributed by atoms with Crippen LogP contribution < -0.4 is 0 Å². The van der Waals surface area contributed by atoms with Crippen molar-refractivity contribution in [3.05, 3.63) is 27.0 Å². The lowest BCUT2D eigenvalue weighted by Crippen LogP contribution is -2.07. The van der Waals surface area contributed by atoms with E-state index in [0.717, 1.165) is 36.9 Å². The predicted molar refractivity (Wildman–Crippen MR) is 55.6 cm³/mol. The highest BCUT2D eigenvalue weighted by Gasteiger charge is 2.19. The first-order chi connectivity index (χ1) is 6.74. The molecule has 0 bridgehead atoms. The SMILES string of the molecule is N#Cc1c(Cl)nc2c(c1Cl)CCCC2. The third kappa shape index (κ3) is 1.47. The van der Waals surface area contributed by atoms with Crippen molar-refractivity contribution in [1.29, 1.82) is 5.26 Å². The van der Waals surface area contributed by atoms with Crippen molar-refractivity contribution in [3.63, 3.8) is 0 Å². The molecule has 0 amide bonds. The van der Waals surface area contributed by atoms with Gasteiger partial charge >= 0.3 is 0 Å². The summed E-state index contributed by atoms with van der Waals surface area (Å²) in [6.45, 7) is 0. The quantitative estimate of drug-likeness (QED) is 0.638. The van der Waals surface area contributed by atoms with Crippen LogP contribution in [0.2, 0.25) is 10.2 Å². The van der Waals surface area contributed by atoms with Crippen LogP contribution in [0.3, 0.4) is 0 Å². The van der Waals surface area contributed by atoms with Crippen molar-refractivity contribution in [2.24, 2.45) is 0 Å². The van der Waals surface area contributed by atoms with Crippen LogP contribution in [-0.4, -0.2) is 4.98 Å². The number of hydrogen-bond acceptors (Lipinski definition) is 2. The monoisotopic (exact) mass is 226 g/mol. The molecule has 1 heterocycles. The molecule has 0 radical (unpaired) electrons. The number of pyridine rings is 1. The van der Waals surface area contributed by atoms with Gasteiger partial charge in [0.2, 0.25) is 0 Å². The van der Waals surface area contributed by atoms with Crippen LogP contribution in [0, 0.1) is 11.3 Å². The predicted octanol–water partition coefficient (Wildman–Crippen LogP) is 3.14. The van der Waals surface area contributed by atoms with E-state index in [2.05, 4.69) is 4.98 Å². The van der Waals surface area contributed by atoms with Crippen molar-refractivity contribution < 1.29 is 0 Å². The van der Waals surface area contributed by atoms with Crippen molar-refractivity contribution in [2.75, 3.05) is 0 Å². The minimum Gasteiger partial charge on any atom is -0.239 e. The van der Waals surface area contributed by atoms with Gasteiger partial charge < -0.3 is 0 Å². The summed E-state index contributed by atoms with van der Waals surface area (Å²) in [6, 6.07) is 1.99. The van der Waals surface area contributed by atoms with Crippen molar-refractivity contribution in [2.45, 2.75) is 25.7 Å². The largest absolute Gasteiger partial charge is 0.239 e. The lowest BCUT2D eigenvalue weighted by atomic mass is 9.95. The molecule has 0 atom stereocenters. The molecule has 0 fully saturated rings. The molecule has 72 valence electrons. The van der Waals surface area contributed by atoms with Gasteiger partial charge in [0, 0.05) is 5.69 Å². The van der Waals surface area contributed by atoms with E-state index in [9.17, 15) is 0 Å². The molecule has 0 saturated carbocycles. The molecule has 1 aliphatic carbocycles. The molecule has 4 heteroatoms. The maximum atomic E-state index is 8.84. The van der Waals surface area contributed by atoms with Crippen molar-refractivity contribution in [3.8, 4) is 6.07 Å². The molecule has 2 nitrogen and oxygen atoms in total. The Kier molecular flexibility index (Phi) is 2.62. The Balaban J connectivity index is 2.65. The summed E-state index contributed by atoms with van der Waals surface area (Å²) in [5, 5.41) is 9.58. The zero-order valence-corrected chi connectivity index (χ0v) is 8.99. The Hall–Kier alpha value is -0.780. The minimum absolute atomic E-state index is 0.234. The Bertz CT molecular complexity index is 421. The molecule has 0 aromatic carbocycles. The number of halogens is 2. The van der Waals surface area contributed by atoms with Crippen LogP contribution in [-0.2, 0) is 12.8 Å². The molecule has 0 unspecified atom stereocenters. The highest BCUT2D eigenvalue weighted by Crippen LogP contribution is 2.32. The van der Waals surface area contributed by atoms with Crippen LogP contribution in [0.25, 0.3) is 0 Å². The smallest absolute Gasteiger partial charge is 0.148 e. The van der Waals surface area contributed by atoms with Gasteiger partial charge in [-0.3, -0.25) is 0 Å². The van der Waals surface area contributed by atoms with Gasteiger partial charge in [0.25, 0.3) is 0 Å². The first kappa shape index (κ1) is 9.76. The van der Waals surface area contributed by atoms with E-state index in [1.807, 2.05) is 6.07 Å². The molecule has 2 rings (SSSR count). The normalized spacial score (nSPS) is 14.6. The Morgan fingerprint density at radius 1 is 1.21 bits per heavy atom. The molecule has 14 heavy (non-hydrogen) atoms. The number of rotatable bonds is 0. The van der Waals surface area contributed by atoms with Gasteiger partial charge in [0.05, 0.1) is 5.02 Å². The third-order valence-corrected chi connectivity index (χ3v) is 3.16. The van der Waals surface area contributed by atoms with E-state index in [-0.39, 0.29) is 5.15 Å². The fourth-order valence-corrected chi connectivity index (χ4v) is 2.38. The van der Waals surface area contributed by atoms with Crippen LogP contribution >= 0.6 is 23.2 Å². The molecule has 1 aliphatic rings. The number of hydrogen-bond donors (Lipinski definition) is 0. The van der Waals surface area contributed by atoms with Crippen LogP contribution in [0.15, 0.2) is 0 Å². The molecule has 1 aromatic heterocycles. The first-order valence-electron chi connectivity index (χ1n) is 4.51. The third-order valence-electron chi connectivity index (χ3n) is 2.47. The second kappa shape index (κ2) is 3.76. The summed E-state index contributed by atoms with van der Waals surface area (Å²) in [5.41, 5.74) is 2.29. The summed E-state index contributed by atoms with van der Waals surface area (Å²) in [7, 11) is 0. The van der Waals surface area contributed by atoms with Gasteiger partial charge in [-0.05, 0) is 31.2 Å². The van der Waals surface area contributed by atoms with Gasteiger partial charge in [-0.25, -0.2) is 4.98 Å². The van der Waals surface area contributed by atoms with E-state index in [4.69, 9.17) is 28.5 Å². The van der Waals surface area contributed by atoms with Crippen LogP contribution in [0.1, 0.15) is 29.7 Å². The number of aryl methyl sites for hydroxylation is 1. The van der Waals surface area contributed by atoms with E-state index < -0.39 is 0 Å². The standard InChI is InChI=1S/C10H8Cl2N2/c11-9-6-3-1-2-4-8(6)14-10(12)7(9)5-13/h1-4H2. The summed E-state index contributed by atoms with van der Waals surface area (Å²) < 4.78 is 0. The lowest BCUT2D eigenvalue weighted by Gasteiger charge is -2.16. The number of aromatic nitrogens is 1. The summed E-state index contributed by atoms with van der Waals surface area (Å²) in [4.78, 5) is 4.20. The van der Waals surface area contributed by atoms with Crippen LogP contribution in [0.5, 0.6) is 0 Å². The lowest BCUT2D eigenvalue weighted by molar-refractivity contribution is 0.667. The molecular weight excluding hydrogens is 219 g/mol. The Labute approximate surface area is 92.5 Å². The molecule has 0 spiro atoms. The Morgan fingerprint density at radius 2 is 1.93 bits per heavy atom. The highest BCUT2D eigenvalue weighted by molar-refractivity contribution is 6.36. The van der Waals surface area contributed by atoms with Gasteiger partial charge in [-0.1, -0.05) is 23.2 Å². The highest BCUT2D eigenvalue weighted by atomic mass is 35.5. The Morgan fingerprint density at radius 3 is 2.64 bits per heavy atom. The average Bonchev–Trinajstić information content (AvgIpc) is 2.18. The fraction of sp³-hybridized carbons (Fsp3) is 0.400. The maximum absolute atomic E-state index is 8.84.